The number of nitrogens with one attached hydrogen (secondary N) is 1. The maximum atomic E-state index is 14.5. The molecule has 1 spiro atoms. The van der Waals surface area contributed by atoms with Gasteiger partial charge in [0.25, 0.3) is 5.91 Å². The summed E-state index contributed by atoms with van der Waals surface area (Å²) in [5.41, 5.74) is 1.28. The van der Waals surface area contributed by atoms with Crippen LogP contribution in [0.5, 0.6) is 0 Å². The number of halogens is 3. The third kappa shape index (κ3) is 5.63. The average Bonchev–Trinajstić information content (AvgIpc) is 3.73. The standard InChI is InChI=1S/C34H35F3N6O3/c1-21(2)14-29-31(45)42-20-33(16-26(42)17-38)27-15-22(7-12-28(27)40-32(33)46)6-4-3-5-13-41(29)30(44)23-18-39-43(19-23)25-10-8-24(9-11-25)34(35,36)37/h7-12,15,18-19,21,26,29H,3-6,13-14,16,20H2,1-2H3,(H,40,46)/t26-,29-,33-/m0/s1. The van der Waals surface area contributed by atoms with Crippen LogP contribution in [0, 0.1) is 17.2 Å². The maximum Gasteiger partial charge on any atom is 0.416 e. The summed E-state index contributed by atoms with van der Waals surface area (Å²) in [4.78, 5) is 45.2. The summed E-state index contributed by atoms with van der Waals surface area (Å²) in [7, 11) is 0. The number of nitriles is 1. The van der Waals surface area contributed by atoms with Crippen molar-refractivity contribution in [3.05, 3.63) is 77.1 Å². The van der Waals surface area contributed by atoms with Gasteiger partial charge in [-0.25, -0.2) is 4.68 Å². The number of benzene rings is 2. The first kappa shape index (κ1) is 31.3. The quantitative estimate of drug-likeness (QED) is 0.409. The van der Waals surface area contributed by atoms with Gasteiger partial charge in [0.1, 0.15) is 12.1 Å². The third-order valence-corrected chi connectivity index (χ3v) is 9.34. The van der Waals surface area contributed by atoms with Gasteiger partial charge in [-0.2, -0.15) is 23.5 Å². The zero-order valence-electron chi connectivity index (χ0n) is 25.7. The average molecular weight is 633 g/mol. The third-order valence-electron chi connectivity index (χ3n) is 9.34. The molecule has 240 valence electrons. The zero-order valence-corrected chi connectivity index (χ0v) is 25.7. The van der Waals surface area contributed by atoms with Crippen molar-refractivity contribution >= 4 is 23.4 Å². The van der Waals surface area contributed by atoms with Crippen LogP contribution in [0.3, 0.4) is 0 Å². The SMILES string of the molecule is CC(C)C[C@H]1C(=O)N2C[C@]3(C[C@H]2C#N)C(=O)Nc2ccc(cc23)CCCCCN1C(=O)c1cnn(-c2ccc(C(F)(F)F)cc2)c1. The Labute approximate surface area is 265 Å². The Morgan fingerprint density at radius 3 is 2.59 bits per heavy atom. The Bertz CT molecular complexity index is 1710. The molecule has 9 nitrogen and oxygen atoms in total. The van der Waals surface area contributed by atoms with Crippen LogP contribution in [0.25, 0.3) is 5.69 Å². The number of aryl methyl sites for hydroxylation is 1. The molecule has 6 rings (SSSR count). The topological polar surface area (TPSA) is 111 Å². The molecule has 3 aliphatic rings. The van der Waals surface area contributed by atoms with E-state index >= 15 is 0 Å². The lowest BCUT2D eigenvalue weighted by Crippen LogP contribution is -2.53. The summed E-state index contributed by atoms with van der Waals surface area (Å²) in [6.07, 6.45) is 1.88. The molecule has 1 aromatic heterocycles. The van der Waals surface area contributed by atoms with Gasteiger partial charge in [0.2, 0.25) is 11.8 Å². The molecule has 3 aromatic rings. The molecule has 3 atom stereocenters. The fraction of sp³-hybridized carbons (Fsp3) is 0.441. The number of rotatable bonds is 4. The summed E-state index contributed by atoms with van der Waals surface area (Å²) in [5.74, 6) is -1.02. The van der Waals surface area contributed by atoms with Crippen molar-refractivity contribution in [3.63, 3.8) is 0 Å². The Hall–Kier alpha value is -4.66. The number of hydrogen-bond donors (Lipinski definition) is 1. The maximum absolute atomic E-state index is 14.5. The Morgan fingerprint density at radius 2 is 1.89 bits per heavy atom. The lowest BCUT2D eigenvalue weighted by molar-refractivity contribution is -0.138. The molecule has 1 fully saturated rings. The summed E-state index contributed by atoms with van der Waals surface area (Å²) >= 11 is 0. The smallest absolute Gasteiger partial charge is 0.327 e. The molecule has 4 bridgehead atoms. The minimum Gasteiger partial charge on any atom is -0.327 e. The number of nitrogens with zero attached hydrogens (tertiary/aromatic N) is 5. The lowest BCUT2D eigenvalue weighted by atomic mass is 9.79. The number of aromatic nitrogens is 2. The van der Waals surface area contributed by atoms with Gasteiger partial charge in [0.15, 0.2) is 0 Å². The van der Waals surface area contributed by atoms with E-state index in [4.69, 9.17) is 0 Å². The van der Waals surface area contributed by atoms with Crippen LogP contribution in [0.4, 0.5) is 18.9 Å². The predicted octanol–water partition coefficient (Wildman–Crippen LogP) is 5.49. The fourth-order valence-electron chi connectivity index (χ4n) is 6.96. The van der Waals surface area contributed by atoms with E-state index in [1.165, 1.54) is 34.1 Å². The van der Waals surface area contributed by atoms with Crippen molar-refractivity contribution in [2.75, 3.05) is 18.4 Å². The van der Waals surface area contributed by atoms with Gasteiger partial charge in [-0.15, -0.1) is 0 Å². The van der Waals surface area contributed by atoms with E-state index in [2.05, 4.69) is 16.5 Å². The molecule has 4 heterocycles. The van der Waals surface area contributed by atoms with Gasteiger partial charge in [0.05, 0.1) is 34.5 Å². The highest BCUT2D eigenvalue weighted by atomic mass is 19.4. The van der Waals surface area contributed by atoms with Gasteiger partial charge in [-0.05, 0) is 73.1 Å². The summed E-state index contributed by atoms with van der Waals surface area (Å²) in [6.45, 7) is 4.24. The highest BCUT2D eigenvalue weighted by Gasteiger charge is 2.57. The van der Waals surface area contributed by atoms with Gasteiger partial charge in [0, 0.05) is 31.4 Å². The van der Waals surface area contributed by atoms with Crippen LogP contribution in [0.1, 0.15) is 73.0 Å². The number of hydrogen-bond acceptors (Lipinski definition) is 5. The number of anilines is 1. The Morgan fingerprint density at radius 1 is 1.13 bits per heavy atom. The molecule has 3 amide bonds. The van der Waals surface area contributed by atoms with E-state index in [1.54, 1.807) is 4.90 Å². The molecule has 2 aromatic carbocycles. The molecule has 0 unspecified atom stereocenters. The van der Waals surface area contributed by atoms with Crippen molar-refractivity contribution in [3.8, 4) is 11.8 Å². The second-order valence-electron chi connectivity index (χ2n) is 12.9. The van der Waals surface area contributed by atoms with Gasteiger partial charge < -0.3 is 15.1 Å². The van der Waals surface area contributed by atoms with E-state index in [9.17, 15) is 32.8 Å². The summed E-state index contributed by atoms with van der Waals surface area (Å²) < 4.78 is 40.6. The van der Waals surface area contributed by atoms with Crippen molar-refractivity contribution in [1.29, 1.82) is 5.26 Å². The van der Waals surface area contributed by atoms with E-state index in [0.29, 0.717) is 24.2 Å². The van der Waals surface area contributed by atoms with Crippen molar-refractivity contribution in [2.24, 2.45) is 5.92 Å². The largest absolute Gasteiger partial charge is 0.416 e. The monoisotopic (exact) mass is 632 g/mol. The molecule has 0 aliphatic carbocycles. The number of alkyl halides is 3. The molecule has 1 N–H and O–H groups in total. The van der Waals surface area contributed by atoms with Crippen LogP contribution in [0.15, 0.2) is 54.9 Å². The van der Waals surface area contributed by atoms with Gasteiger partial charge in [-0.3, -0.25) is 14.4 Å². The number of amides is 3. The van der Waals surface area contributed by atoms with Gasteiger partial charge >= 0.3 is 6.18 Å². The van der Waals surface area contributed by atoms with Crippen LogP contribution in [-0.2, 0) is 27.6 Å². The first-order valence-corrected chi connectivity index (χ1v) is 15.6. The molecule has 0 saturated carbocycles. The molecule has 0 radical (unpaired) electrons. The van der Waals surface area contributed by atoms with E-state index in [-0.39, 0.29) is 42.8 Å². The zero-order chi connectivity index (χ0) is 32.8. The van der Waals surface area contributed by atoms with E-state index in [0.717, 1.165) is 42.5 Å². The number of carbonyl (C=O) groups is 3. The highest BCUT2D eigenvalue weighted by molar-refractivity contribution is 6.07. The molecule has 1 saturated heterocycles. The van der Waals surface area contributed by atoms with Gasteiger partial charge in [-0.1, -0.05) is 32.4 Å². The van der Waals surface area contributed by atoms with Crippen LogP contribution in [0.2, 0.25) is 0 Å². The fourth-order valence-corrected chi connectivity index (χ4v) is 6.96. The van der Waals surface area contributed by atoms with Crippen molar-refractivity contribution in [2.45, 2.75) is 76.0 Å². The second-order valence-corrected chi connectivity index (χ2v) is 12.9. The Balaban J connectivity index is 1.35. The highest BCUT2D eigenvalue weighted by Crippen LogP contribution is 2.47. The van der Waals surface area contributed by atoms with Crippen LogP contribution >= 0.6 is 0 Å². The lowest BCUT2D eigenvalue weighted by Gasteiger charge is -2.35. The van der Waals surface area contributed by atoms with E-state index in [1.807, 2.05) is 32.0 Å². The second kappa shape index (κ2) is 11.9. The molecular weight excluding hydrogens is 597 g/mol. The van der Waals surface area contributed by atoms with Crippen molar-refractivity contribution < 1.29 is 27.6 Å². The number of fused-ring (bicyclic) bond motifs is 2. The molecule has 12 heteroatoms. The predicted molar refractivity (Wildman–Crippen MR) is 163 cm³/mol. The molecular formula is C34H35F3N6O3. The van der Waals surface area contributed by atoms with Crippen LogP contribution < -0.4 is 5.32 Å². The van der Waals surface area contributed by atoms with Crippen LogP contribution in [-0.4, -0.2) is 62.5 Å². The molecule has 3 aliphatic heterocycles. The summed E-state index contributed by atoms with van der Waals surface area (Å²) in [6, 6.07) is 10.9. The summed E-state index contributed by atoms with van der Waals surface area (Å²) in [5, 5.41) is 17.4. The van der Waals surface area contributed by atoms with Crippen molar-refractivity contribution in [1.82, 2.24) is 19.6 Å². The first-order valence-electron chi connectivity index (χ1n) is 15.6. The normalized spacial score (nSPS) is 23.3. The first-order chi connectivity index (χ1) is 21.9. The number of carbonyl (C=O) groups excluding carboxylic acids is 3. The Kier molecular flexibility index (Phi) is 8.12. The van der Waals surface area contributed by atoms with E-state index < -0.39 is 35.1 Å². The minimum atomic E-state index is -4.48. The minimum absolute atomic E-state index is 0.0215. The molecule has 46 heavy (non-hydrogen) atoms.